The van der Waals surface area contributed by atoms with Crippen LogP contribution in [0.2, 0.25) is 0 Å². The number of aliphatic hydroxyl groups excluding tert-OH is 1. The van der Waals surface area contributed by atoms with Gasteiger partial charge >= 0.3 is 5.97 Å². The minimum Gasteiger partial charge on any atom is -0.493 e. The maximum absolute atomic E-state index is 13.8. The second kappa shape index (κ2) is 15.1. The van der Waals surface area contributed by atoms with Gasteiger partial charge in [-0.25, -0.2) is 4.39 Å². The molecule has 0 spiro atoms. The summed E-state index contributed by atoms with van der Waals surface area (Å²) in [4.78, 5) is 22.6. The molecule has 0 fully saturated rings. The lowest BCUT2D eigenvalue weighted by molar-refractivity contribution is -0.140. The first kappa shape index (κ1) is 30.0. The van der Waals surface area contributed by atoms with Crippen molar-refractivity contribution in [2.24, 2.45) is 0 Å². The average molecular weight is 519 g/mol. The van der Waals surface area contributed by atoms with Gasteiger partial charge in [0.25, 0.3) is 0 Å². The molecule has 0 heterocycles. The highest BCUT2D eigenvalue weighted by Crippen LogP contribution is 2.45. The smallest absolute Gasteiger partial charge is 0.310 e. The molecule has 1 unspecified atom stereocenters. The summed E-state index contributed by atoms with van der Waals surface area (Å²) in [5.74, 6) is -1.29. The number of aliphatic hydroxyl groups is 1. The Labute approximate surface area is 216 Å². The zero-order valence-corrected chi connectivity index (χ0v) is 21.7. The van der Waals surface area contributed by atoms with Crippen LogP contribution in [0.5, 0.6) is 11.5 Å². The predicted octanol–water partition coefficient (Wildman–Crippen LogP) is 4.47. The molecule has 1 atom stereocenters. The standard InChI is InChI=1S/C28H35FO8/c1-18(2)24-17-25(35-4)28(37-14-13-36-12-11-34-3)27(19-5-7-20(29)8-6-19)23(24)10-9-21(30)15-22(31)16-26(32)33/h5-10,17-18,21,30H,11-16H2,1-4H3,(H,32,33). The Bertz CT molecular complexity index is 1060. The largest absolute Gasteiger partial charge is 0.493 e. The molecule has 2 N–H and O–H groups in total. The summed E-state index contributed by atoms with van der Waals surface area (Å²) in [5, 5.41) is 19.2. The Morgan fingerprint density at radius 2 is 1.73 bits per heavy atom. The fraction of sp³-hybridized carbons (Fsp3) is 0.429. The van der Waals surface area contributed by atoms with E-state index < -0.39 is 30.1 Å². The predicted molar refractivity (Wildman–Crippen MR) is 138 cm³/mol. The van der Waals surface area contributed by atoms with E-state index in [1.54, 1.807) is 25.3 Å². The van der Waals surface area contributed by atoms with E-state index in [0.29, 0.717) is 48.0 Å². The fourth-order valence-corrected chi connectivity index (χ4v) is 3.73. The van der Waals surface area contributed by atoms with E-state index in [4.69, 9.17) is 24.1 Å². The summed E-state index contributed by atoms with van der Waals surface area (Å²) >= 11 is 0. The summed E-state index contributed by atoms with van der Waals surface area (Å²) < 4.78 is 36.0. The molecule has 9 heteroatoms. The lowest BCUT2D eigenvalue weighted by atomic mass is 9.88. The molecule has 0 aliphatic heterocycles. The number of ether oxygens (including phenoxy) is 4. The molecule has 0 saturated heterocycles. The van der Waals surface area contributed by atoms with E-state index >= 15 is 0 Å². The number of benzene rings is 2. The molecule has 0 aliphatic rings. The van der Waals surface area contributed by atoms with Crippen molar-refractivity contribution in [2.45, 2.75) is 38.7 Å². The van der Waals surface area contributed by atoms with E-state index in [1.165, 1.54) is 25.3 Å². The molecule has 0 bridgehead atoms. The van der Waals surface area contributed by atoms with Gasteiger partial charge in [0.15, 0.2) is 11.5 Å². The number of hydrogen-bond donors (Lipinski definition) is 2. The summed E-state index contributed by atoms with van der Waals surface area (Å²) in [6.07, 6.45) is 0.945. The highest BCUT2D eigenvalue weighted by atomic mass is 19.1. The second-order valence-electron chi connectivity index (χ2n) is 8.64. The molecule has 8 nitrogen and oxygen atoms in total. The molecule has 0 saturated carbocycles. The normalized spacial score (nSPS) is 12.2. The van der Waals surface area contributed by atoms with E-state index in [1.807, 2.05) is 19.9 Å². The third-order valence-electron chi connectivity index (χ3n) is 5.47. The molecular formula is C28H35FO8. The number of hydrogen-bond acceptors (Lipinski definition) is 7. The number of carbonyl (C=O) groups is 2. The number of methoxy groups -OCH3 is 2. The topological polar surface area (TPSA) is 112 Å². The van der Waals surface area contributed by atoms with Gasteiger partial charge in [0.05, 0.1) is 33.0 Å². The van der Waals surface area contributed by atoms with Crippen molar-refractivity contribution >= 4 is 17.8 Å². The van der Waals surface area contributed by atoms with Crippen LogP contribution in [0.3, 0.4) is 0 Å². The Balaban J connectivity index is 2.55. The molecule has 2 aromatic carbocycles. The molecule has 0 aromatic heterocycles. The minimum absolute atomic E-state index is 0.0324. The van der Waals surface area contributed by atoms with Gasteiger partial charge in [0.2, 0.25) is 0 Å². The lowest BCUT2D eigenvalue weighted by Gasteiger charge is -2.22. The number of rotatable bonds is 16. The third kappa shape index (κ3) is 9.27. The van der Waals surface area contributed by atoms with E-state index in [9.17, 15) is 19.1 Å². The molecule has 2 aromatic rings. The SMILES string of the molecule is COCCOCCOc1c(OC)cc(C(C)C)c(C=CC(O)CC(=O)CC(=O)O)c1-c1ccc(F)cc1. The molecular weight excluding hydrogens is 483 g/mol. The van der Waals surface area contributed by atoms with Gasteiger partial charge in [-0.3, -0.25) is 9.59 Å². The van der Waals surface area contributed by atoms with Gasteiger partial charge in [-0.2, -0.15) is 0 Å². The number of halogens is 1. The lowest BCUT2D eigenvalue weighted by Crippen LogP contribution is -2.14. The van der Waals surface area contributed by atoms with E-state index in [0.717, 1.165) is 5.56 Å². The number of carboxylic acid groups (broad SMARTS) is 1. The van der Waals surface area contributed by atoms with Crippen molar-refractivity contribution in [3.05, 3.63) is 53.4 Å². The first-order chi connectivity index (χ1) is 17.7. The fourth-order valence-electron chi connectivity index (χ4n) is 3.73. The van der Waals surface area contributed by atoms with Crippen LogP contribution >= 0.6 is 0 Å². The third-order valence-corrected chi connectivity index (χ3v) is 5.47. The summed E-state index contributed by atoms with van der Waals surface area (Å²) in [6.45, 7) is 5.39. The van der Waals surface area contributed by atoms with Gasteiger partial charge in [-0.15, -0.1) is 0 Å². The van der Waals surface area contributed by atoms with Crippen LogP contribution in [0.15, 0.2) is 36.4 Å². The van der Waals surface area contributed by atoms with Crippen LogP contribution < -0.4 is 9.47 Å². The van der Waals surface area contributed by atoms with Crippen molar-refractivity contribution < 1.29 is 43.1 Å². The Kier molecular flexibility index (Phi) is 12.2. The number of aliphatic carboxylic acids is 1. The van der Waals surface area contributed by atoms with Crippen LogP contribution in [-0.2, 0) is 19.1 Å². The van der Waals surface area contributed by atoms with Crippen molar-refractivity contribution in [1.29, 1.82) is 0 Å². The van der Waals surface area contributed by atoms with Crippen LogP contribution in [0.4, 0.5) is 4.39 Å². The number of Topliss-reactive ketones (excluding diaryl/α,β-unsaturated/α-hetero) is 1. The van der Waals surface area contributed by atoms with Crippen LogP contribution in [0.25, 0.3) is 17.2 Å². The maximum Gasteiger partial charge on any atom is 0.310 e. The van der Waals surface area contributed by atoms with Crippen molar-refractivity contribution in [2.75, 3.05) is 40.6 Å². The van der Waals surface area contributed by atoms with Crippen molar-refractivity contribution in [3.63, 3.8) is 0 Å². The zero-order chi connectivity index (χ0) is 27.4. The first-order valence-electron chi connectivity index (χ1n) is 12.0. The summed E-state index contributed by atoms with van der Waals surface area (Å²) in [5.41, 5.74) is 2.86. The average Bonchev–Trinajstić information content (AvgIpc) is 2.84. The number of ketones is 1. The second-order valence-corrected chi connectivity index (χ2v) is 8.64. The van der Waals surface area contributed by atoms with Crippen molar-refractivity contribution in [3.8, 4) is 22.6 Å². The van der Waals surface area contributed by atoms with Crippen molar-refractivity contribution in [1.82, 2.24) is 0 Å². The summed E-state index contributed by atoms with van der Waals surface area (Å²) in [6, 6.07) is 7.78. The highest BCUT2D eigenvalue weighted by molar-refractivity contribution is 5.95. The zero-order valence-electron chi connectivity index (χ0n) is 21.7. The Hall–Kier alpha value is -3.27. The van der Waals surface area contributed by atoms with Gasteiger partial charge in [0, 0.05) is 19.1 Å². The molecule has 37 heavy (non-hydrogen) atoms. The molecule has 202 valence electrons. The van der Waals surface area contributed by atoms with Gasteiger partial charge in [0.1, 0.15) is 24.6 Å². The van der Waals surface area contributed by atoms with Crippen LogP contribution in [-0.4, -0.2) is 68.7 Å². The number of carbonyl (C=O) groups excluding carboxylic acids is 1. The van der Waals surface area contributed by atoms with Gasteiger partial charge < -0.3 is 29.2 Å². The quantitative estimate of drug-likeness (QED) is 0.247. The minimum atomic E-state index is -1.25. The van der Waals surface area contributed by atoms with E-state index in [2.05, 4.69) is 0 Å². The highest BCUT2D eigenvalue weighted by Gasteiger charge is 2.22. The molecule has 0 amide bonds. The van der Waals surface area contributed by atoms with Gasteiger partial charge in [-0.1, -0.05) is 38.1 Å². The van der Waals surface area contributed by atoms with E-state index in [-0.39, 0.29) is 18.9 Å². The monoisotopic (exact) mass is 518 g/mol. The van der Waals surface area contributed by atoms with Crippen LogP contribution in [0, 0.1) is 5.82 Å². The Morgan fingerprint density at radius 3 is 2.32 bits per heavy atom. The molecule has 2 rings (SSSR count). The Morgan fingerprint density at radius 1 is 1.05 bits per heavy atom. The number of carboxylic acids is 1. The van der Waals surface area contributed by atoms with Crippen LogP contribution in [0.1, 0.15) is 43.7 Å². The van der Waals surface area contributed by atoms with Gasteiger partial charge in [-0.05, 0) is 40.8 Å². The molecule has 0 aliphatic carbocycles. The summed E-state index contributed by atoms with van der Waals surface area (Å²) in [7, 11) is 3.12. The maximum atomic E-state index is 13.8. The first-order valence-corrected chi connectivity index (χ1v) is 12.0. The molecule has 0 radical (unpaired) electrons.